The third kappa shape index (κ3) is 3.11. The van der Waals surface area contributed by atoms with Gasteiger partial charge in [0.1, 0.15) is 5.54 Å². The predicted molar refractivity (Wildman–Crippen MR) is 100 cm³/mol. The van der Waals surface area contributed by atoms with Crippen LogP contribution in [0.25, 0.3) is 11.3 Å². The van der Waals surface area contributed by atoms with E-state index in [1.54, 1.807) is 37.3 Å². The van der Waals surface area contributed by atoms with Gasteiger partial charge in [-0.1, -0.05) is 47.6 Å². The van der Waals surface area contributed by atoms with Gasteiger partial charge in [0.05, 0.1) is 0 Å². The molecular weight excluding hydrogens is 360 g/mol. The Morgan fingerprint density at radius 2 is 1.86 bits per heavy atom. The van der Waals surface area contributed by atoms with Crippen LogP contribution in [0.15, 0.2) is 65.2 Å². The maximum atomic E-state index is 12.5. The van der Waals surface area contributed by atoms with Crippen LogP contribution in [-0.4, -0.2) is 23.0 Å². The first-order valence-corrected chi connectivity index (χ1v) is 8.53. The summed E-state index contributed by atoms with van der Waals surface area (Å²) in [6.45, 7) is 1.60. The topological polar surface area (TPSA) is 113 Å². The molecule has 3 aromatic rings. The van der Waals surface area contributed by atoms with E-state index in [-0.39, 0.29) is 5.69 Å². The Kier molecular flexibility index (Phi) is 4.15. The molecule has 1 fully saturated rings. The standard InChI is InChI=1S/C20H16N4O4/c1-20(18(26)22-19(27)23-20)13-8-5-9-14(10-13)21-17(25)15-11-16(28-24-15)12-6-3-2-4-7-12/h2-11H,1H3,(H,21,25)(H2,22,23,26,27)/t20-/m0/s1. The Morgan fingerprint density at radius 1 is 1.07 bits per heavy atom. The average molecular weight is 376 g/mol. The summed E-state index contributed by atoms with van der Waals surface area (Å²) < 4.78 is 5.25. The second-order valence-corrected chi connectivity index (χ2v) is 6.51. The highest BCUT2D eigenvalue weighted by Crippen LogP contribution is 2.27. The number of urea groups is 1. The SMILES string of the molecule is C[C@@]1(c2cccc(NC(=O)c3cc(-c4ccccc4)on3)c2)NC(=O)NC1=O. The summed E-state index contributed by atoms with van der Waals surface area (Å²) in [5, 5.41) is 11.3. The first-order valence-electron chi connectivity index (χ1n) is 8.53. The summed E-state index contributed by atoms with van der Waals surface area (Å²) in [4.78, 5) is 36.1. The van der Waals surface area contributed by atoms with Gasteiger partial charge in [0.15, 0.2) is 11.5 Å². The molecule has 0 aliphatic carbocycles. The molecule has 8 heteroatoms. The average Bonchev–Trinajstić information content (AvgIpc) is 3.28. The van der Waals surface area contributed by atoms with E-state index >= 15 is 0 Å². The fraction of sp³-hybridized carbons (Fsp3) is 0.100. The van der Waals surface area contributed by atoms with E-state index in [9.17, 15) is 14.4 Å². The quantitative estimate of drug-likeness (QED) is 0.606. The lowest BCUT2D eigenvalue weighted by Crippen LogP contribution is -2.40. The van der Waals surface area contributed by atoms with Gasteiger partial charge < -0.3 is 15.2 Å². The van der Waals surface area contributed by atoms with Crippen LogP contribution < -0.4 is 16.0 Å². The van der Waals surface area contributed by atoms with Crippen molar-refractivity contribution in [3.05, 3.63) is 71.9 Å². The summed E-state index contributed by atoms with van der Waals surface area (Å²) in [7, 11) is 0. The number of carbonyl (C=O) groups excluding carboxylic acids is 3. The lowest BCUT2D eigenvalue weighted by atomic mass is 9.92. The van der Waals surface area contributed by atoms with Gasteiger partial charge in [-0.15, -0.1) is 0 Å². The van der Waals surface area contributed by atoms with Crippen molar-refractivity contribution in [2.75, 3.05) is 5.32 Å². The summed E-state index contributed by atoms with van der Waals surface area (Å²) >= 11 is 0. The molecule has 2 aromatic carbocycles. The minimum atomic E-state index is -1.20. The normalized spacial score (nSPS) is 18.5. The molecule has 0 bridgehead atoms. The Morgan fingerprint density at radius 3 is 2.57 bits per heavy atom. The van der Waals surface area contributed by atoms with Crippen LogP contribution in [-0.2, 0) is 10.3 Å². The smallest absolute Gasteiger partial charge is 0.322 e. The van der Waals surface area contributed by atoms with Crippen molar-refractivity contribution in [1.82, 2.24) is 15.8 Å². The lowest BCUT2D eigenvalue weighted by molar-refractivity contribution is -0.123. The molecule has 2 heterocycles. The summed E-state index contributed by atoms with van der Waals surface area (Å²) in [6, 6.07) is 17.0. The lowest BCUT2D eigenvalue weighted by Gasteiger charge is -2.21. The number of nitrogens with zero attached hydrogens (tertiary/aromatic N) is 1. The zero-order valence-electron chi connectivity index (χ0n) is 14.9. The molecule has 3 N–H and O–H groups in total. The van der Waals surface area contributed by atoms with Gasteiger partial charge in [0.25, 0.3) is 11.8 Å². The Bertz CT molecular complexity index is 1080. The molecular formula is C20H16N4O4. The third-order valence-electron chi connectivity index (χ3n) is 4.54. The first-order chi connectivity index (χ1) is 13.5. The number of aromatic nitrogens is 1. The minimum Gasteiger partial charge on any atom is -0.355 e. The number of nitrogens with one attached hydrogen (secondary N) is 3. The van der Waals surface area contributed by atoms with Crippen molar-refractivity contribution in [2.24, 2.45) is 0 Å². The van der Waals surface area contributed by atoms with Crippen LogP contribution in [0.3, 0.4) is 0 Å². The number of hydrogen-bond donors (Lipinski definition) is 3. The number of hydrogen-bond acceptors (Lipinski definition) is 5. The van der Waals surface area contributed by atoms with Crippen LogP contribution in [0.1, 0.15) is 23.0 Å². The van der Waals surface area contributed by atoms with Gasteiger partial charge in [0, 0.05) is 17.3 Å². The van der Waals surface area contributed by atoms with Crippen molar-refractivity contribution in [2.45, 2.75) is 12.5 Å². The largest absolute Gasteiger partial charge is 0.355 e. The van der Waals surface area contributed by atoms with Crippen LogP contribution >= 0.6 is 0 Å². The number of rotatable bonds is 4. The van der Waals surface area contributed by atoms with E-state index in [2.05, 4.69) is 21.1 Å². The highest BCUT2D eigenvalue weighted by atomic mass is 16.5. The molecule has 8 nitrogen and oxygen atoms in total. The molecule has 1 aliphatic heterocycles. The highest BCUT2D eigenvalue weighted by Gasteiger charge is 2.43. The highest BCUT2D eigenvalue weighted by molar-refractivity contribution is 6.07. The zero-order valence-corrected chi connectivity index (χ0v) is 14.9. The van der Waals surface area contributed by atoms with E-state index in [0.717, 1.165) is 5.56 Å². The Balaban J connectivity index is 1.54. The minimum absolute atomic E-state index is 0.127. The van der Waals surface area contributed by atoms with Gasteiger partial charge in [-0.25, -0.2) is 4.79 Å². The molecule has 0 radical (unpaired) electrons. The van der Waals surface area contributed by atoms with Crippen molar-refractivity contribution in [3.8, 4) is 11.3 Å². The van der Waals surface area contributed by atoms with E-state index < -0.39 is 23.4 Å². The fourth-order valence-corrected chi connectivity index (χ4v) is 2.97. The van der Waals surface area contributed by atoms with Crippen molar-refractivity contribution in [1.29, 1.82) is 0 Å². The van der Waals surface area contributed by atoms with E-state index in [1.165, 1.54) is 0 Å². The molecule has 1 atom stereocenters. The number of imide groups is 1. The first kappa shape index (κ1) is 17.5. The van der Waals surface area contributed by atoms with Crippen molar-refractivity contribution < 1.29 is 18.9 Å². The molecule has 0 spiro atoms. The van der Waals surface area contributed by atoms with Gasteiger partial charge in [-0.3, -0.25) is 14.9 Å². The number of amides is 4. The van der Waals surface area contributed by atoms with E-state index in [0.29, 0.717) is 17.0 Å². The van der Waals surface area contributed by atoms with Crippen LogP contribution in [0.4, 0.5) is 10.5 Å². The second-order valence-electron chi connectivity index (χ2n) is 6.51. The molecule has 0 saturated carbocycles. The molecule has 0 unspecified atom stereocenters. The number of benzene rings is 2. The summed E-state index contributed by atoms with van der Waals surface area (Å²) in [6.07, 6.45) is 0. The molecule has 1 aliphatic rings. The molecule has 4 rings (SSSR count). The van der Waals surface area contributed by atoms with E-state index in [1.807, 2.05) is 30.3 Å². The second kappa shape index (κ2) is 6.66. The monoisotopic (exact) mass is 376 g/mol. The zero-order chi connectivity index (χ0) is 19.7. The predicted octanol–water partition coefficient (Wildman–Crippen LogP) is 2.65. The van der Waals surface area contributed by atoms with Crippen molar-refractivity contribution in [3.63, 3.8) is 0 Å². The molecule has 4 amide bonds. The summed E-state index contributed by atoms with van der Waals surface area (Å²) in [5.41, 5.74) is 0.738. The fourth-order valence-electron chi connectivity index (χ4n) is 2.97. The van der Waals surface area contributed by atoms with Crippen LogP contribution in [0.2, 0.25) is 0 Å². The third-order valence-corrected chi connectivity index (χ3v) is 4.54. The van der Waals surface area contributed by atoms with E-state index in [4.69, 9.17) is 4.52 Å². The molecule has 28 heavy (non-hydrogen) atoms. The Hall–Kier alpha value is -3.94. The van der Waals surface area contributed by atoms with Gasteiger partial charge >= 0.3 is 6.03 Å². The maximum Gasteiger partial charge on any atom is 0.322 e. The molecule has 1 saturated heterocycles. The maximum absolute atomic E-state index is 12.5. The molecule has 1 aromatic heterocycles. The summed E-state index contributed by atoms with van der Waals surface area (Å²) in [5.74, 6) is -0.421. The Labute approximate surface area is 159 Å². The van der Waals surface area contributed by atoms with Gasteiger partial charge in [0.2, 0.25) is 0 Å². The van der Waals surface area contributed by atoms with Crippen LogP contribution in [0.5, 0.6) is 0 Å². The number of carbonyl (C=O) groups is 3. The number of anilines is 1. The molecule has 140 valence electrons. The van der Waals surface area contributed by atoms with Crippen LogP contribution in [0, 0.1) is 0 Å². The van der Waals surface area contributed by atoms with Crippen molar-refractivity contribution >= 4 is 23.5 Å². The van der Waals surface area contributed by atoms with Gasteiger partial charge in [-0.05, 0) is 24.6 Å². The van der Waals surface area contributed by atoms with Gasteiger partial charge in [-0.2, -0.15) is 0 Å².